The van der Waals surface area contributed by atoms with Gasteiger partial charge in [-0.15, -0.1) is 0 Å². The van der Waals surface area contributed by atoms with Gasteiger partial charge >= 0.3 is 5.97 Å². The van der Waals surface area contributed by atoms with Gasteiger partial charge in [-0.25, -0.2) is 0 Å². The molecule has 0 spiro atoms. The lowest BCUT2D eigenvalue weighted by molar-refractivity contribution is -0.151. The van der Waals surface area contributed by atoms with Crippen molar-refractivity contribution in [1.82, 2.24) is 4.90 Å². The maximum Gasteiger partial charge on any atom is 0.303 e. The Morgan fingerprint density at radius 2 is 1.73 bits per heavy atom. The number of carbonyl (C=O) groups excluding carboxylic acids is 1. The third kappa shape index (κ3) is 4.60. The third-order valence-corrected chi connectivity index (χ3v) is 7.14. The molecule has 0 amide bonds. The molecule has 26 heavy (non-hydrogen) atoms. The third-order valence-electron chi connectivity index (χ3n) is 7.14. The minimum absolute atomic E-state index is 0.165. The van der Waals surface area contributed by atoms with E-state index in [0.717, 1.165) is 57.2 Å². The van der Waals surface area contributed by atoms with E-state index < -0.39 is 0 Å². The van der Waals surface area contributed by atoms with E-state index in [0.29, 0.717) is 12.0 Å². The minimum atomic E-state index is -0.215. The fourth-order valence-corrected chi connectivity index (χ4v) is 6.53. The summed E-state index contributed by atoms with van der Waals surface area (Å²) in [4.78, 5) is 13.7. The molecule has 5 rings (SSSR count). The summed E-state index contributed by atoms with van der Waals surface area (Å²) < 4.78 is 16.9. The molecule has 4 aliphatic carbocycles. The van der Waals surface area contributed by atoms with Crippen molar-refractivity contribution >= 4 is 5.97 Å². The van der Waals surface area contributed by atoms with E-state index in [-0.39, 0.29) is 12.1 Å². The lowest BCUT2D eigenvalue weighted by atomic mass is 9.49. The summed E-state index contributed by atoms with van der Waals surface area (Å²) in [6.45, 7) is 6.91. The second-order valence-corrected chi connectivity index (χ2v) is 9.39. The van der Waals surface area contributed by atoms with Gasteiger partial charge in [-0.05, 0) is 68.1 Å². The van der Waals surface area contributed by atoms with E-state index in [1.54, 1.807) is 0 Å². The van der Waals surface area contributed by atoms with Crippen molar-refractivity contribution in [3.05, 3.63) is 0 Å². The number of morpholine rings is 1. The molecular weight excluding hydrogens is 330 g/mol. The molecule has 1 aliphatic heterocycles. The van der Waals surface area contributed by atoms with Crippen LogP contribution in [0.5, 0.6) is 0 Å². The number of hydrogen-bond acceptors (Lipinski definition) is 5. The Kier molecular flexibility index (Phi) is 5.87. The first-order valence-electron chi connectivity index (χ1n) is 10.7. The van der Waals surface area contributed by atoms with Crippen molar-refractivity contribution < 1.29 is 19.0 Å². The largest absolute Gasteiger partial charge is 0.459 e. The summed E-state index contributed by atoms with van der Waals surface area (Å²) >= 11 is 0. The lowest BCUT2D eigenvalue weighted by Crippen LogP contribution is -2.46. The molecule has 4 bridgehead atoms. The molecule has 148 valence electrons. The molecule has 0 aromatic rings. The van der Waals surface area contributed by atoms with Crippen LogP contribution in [0.2, 0.25) is 0 Å². The first-order chi connectivity index (χ1) is 12.6. The fourth-order valence-electron chi connectivity index (χ4n) is 6.53. The molecular formula is C21H35NO4. The van der Waals surface area contributed by atoms with Crippen LogP contribution in [0.25, 0.3) is 0 Å². The predicted octanol–water partition coefficient (Wildman–Crippen LogP) is 2.87. The second-order valence-electron chi connectivity index (χ2n) is 9.39. The molecule has 1 saturated heterocycles. The second kappa shape index (κ2) is 8.15. The van der Waals surface area contributed by atoms with Crippen molar-refractivity contribution in [2.24, 2.45) is 23.2 Å². The summed E-state index contributed by atoms with van der Waals surface area (Å²) in [5.41, 5.74) is 0.565. The highest BCUT2D eigenvalue weighted by Gasteiger charge is 2.50. The molecule has 5 aliphatic rings. The van der Waals surface area contributed by atoms with Gasteiger partial charge in [0, 0.05) is 33.2 Å². The number of ether oxygens (including phenoxy) is 3. The van der Waals surface area contributed by atoms with Crippen molar-refractivity contribution in [3.8, 4) is 0 Å². The Morgan fingerprint density at radius 3 is 2.31 bits per heavy atom. The zero-order chi connectivity index (χ0) is 18.0. The number of carbonyl (C=O) groups is 1. The van der Waals surface area contributed by atoms with Crippen LogP contribution in [-0.4, -0.2) is 63.0 Å². The molecule has 5 fully saturated rings. The molecule has 0 radical (unpaired) electrons. The number of nitrogens with zero attached hydrogens (tertiary/aromatic N) is 1. The van der Waals surface area contributed by atoms with Gasteiger partial charge in [0.05, 0.1) is 19.8 Å². The normalized spacial score (nSPS) is 37.7. The minimum Gasteiger partial charge on any atom is -0.459 e. The Bertz CT molecular complexity index is 453. The van der Waals surface area contributed by atoms with E-state index in [2.05, 4.69) is 4.90 Å². The van der Waals surface area contributed by atoms with Crippen LogP contribution >= 0.6 is 0 Å². The molecule has 0 N–H and O–H groups in total. The first-order valence-corrected chi connectivity index (χ1v) is 10.7. The van der Waals surface area contributed by atoms with Crippen LogP contribution in [0.1, 0.15) is 51.9 Å². The molecule has 1 atom stereocenters. The van der Waals surface area contributed by atoms with Crippen molar-refractivity contribution in [3.63, 3.8) is 0 Å². The highest BCUT2D eigenvalue weighted by Crippen LogP contribution is 2.61. The molecule has 0 aromatic carbocycles. The zero-order valence-electron chi connectivity index (χ0n) is 16.3. The molecule has 5 heteroatoms. The number of hydrogen-bond donors (Lipinski definition) is 0. The van der Waals surface area contributed by atoms with Crippen LogP contribution < -0.4 is 0 Å². The zero-order valence-corrected chi connectivity index (χ0v) is 16.3. The van der Waals surface area contributed by atoms with Crippen LogP contribution in [0, 0.1) is 23.2 Å². The average Bonchev–Trinajstić information content (AvgIpc) is 2.58. The van der Waals surface area contributed by atoms with Crippen molar-refractivity contribution in [2.45, 2.75) is 58.0 Å². The van der Waals surface area contributed by atoms with Crippen LogP contribution in [-0.2, 0) is 19.0 Å². The van der Waals surface area contributed by atoms with Gasteiger partial charge in [0.25, 0.3) is 0 Å². The maximum atomic E-state index is 11.4. The van der Waals surface area contributed by atoms with Gasteiger partial charge in [0.2, 0.25) is 0 Å². The van der Waals surface area contributed by atoms with Crippen LogP contribution in [0.3, 0.4) is 0 Å². The van der Waals surface area contributed by atoms with Gasteiger partial charge in [0.15, 0.2) is 0 Å². The van der Waals surface area contributed by atoms with E-state index in [4.69, 9.17) is 14.2 Å². The summed E-state index contributed by atoms with van der Waals surface area (Å²) in [5.74, 6) is 2.78. The van der Waals surface area contributed by atoms with Crippen molar-refractivity contribution in [1.29, 1.82) is 0 Å². The Balaban J connectivity index is 1.22. The standard InChI is InChI=1S/C21H35NO4/c1-16(23)26-20(14-22-3-6-24-7-4-22)15-25-5-2-21-11-17-8-18(12-21)10-19(9-17)13-21/h17-20H,2-15H2,1H3/t17?,18?,19?,20-,21?/m0/s1. The van der Waals surface area contributed by atoms with Gasteiger partial charge in [-0.3, -0.25) is 9.69 Å². The molecule has 0 unspecified atom stereocenters. The monoisotopic (exact) mass is 365 g/mol. The quantitative estimate of drug-likeness (QED) is 0.489. The van der Waals surface area contributed by atoms with E-state index in [1.165, 1.54) is 51.9 Å². The highest BCUT2D eigenvalue weighted by atomic mass is 16.6. The van der Waals surface area contributed by atoms with Crippen LogP contribution in [0.4, 0.5) is 0 Å². The smallest absolute Gasteiger partial charge is 0.303 e. The van der Waals surface area contributed by atoms with E-state index in [1.807, 2.05) is 0 Å². The Morgan fingerprint density at radius 1 is 1.12 bits per heavy atom. The van der Waals surface area contributed by atoms with Gasteiger partial charge in [-0.2, -0.15) is 0 Å². The Hall–Kier alpha value is -0.650. The predicted molar refractivity (Wildman–Crippen MR) is 98.9 cm³/mol. The lowest BCUT2D eigenvalue weighted by Gasteiger charge is -2.57. The highest BCUT2D eigenvalue weighted by molar-refractivity contribution is 5.66. The molecule has 1 heterocycles. The SMILES string of the molecule is CC(=O)O[C@H](COCCC12CC3CC(CC(C3)C1)C2)CN1CCOCC1. The molecule has 4 saturated carbocycles. The average molecular weight is 366 g/mol. The van der Waals surface area contributed by atoms with Crippen molar-refractivity contribution in [2.75, 3.05) is 46.1 Å². The van der Waals surface area contributed by atoms with E-state index in [9.17, 15) is 4.79 Å². The van der Waals surface area contributed by atoms with Gasteiger partial charge in [0.1, 0.15) is 6.10 Å². The summed E-state index contributed by atoms with van der Waals surface area (Å²) in [6, 6.07) is 0. The maximum absolute atomic E-state index is 11.4. The fraction of sp³-hybridized carbons (Fsp3) is 0.952. The Labute approximate surface area is 157 Å². The summed E-state index contributed by atoms with van der Waals surface area (Å²) in [7, 11) is 0. The number of esters is 1. The summed E-state index contributed by atoms with van der Waals surface area (Å²) in [5, 5.41) is 0. The first kappa shape index (κ1) is 18.7. The van der Waals surface area contributed by atoms with Crippen LogP contribution in [0.15, 0.2) is 0 Å². The molecule has 5 nitrogen and oxygen atoms in total. The topological polar surface area (TPSA) is 48.0 Å². The molecule has 0 aromatic heterocycles. The van der Waals surface area contributed by atoms with E-state index >= 15 is 0 Å². The van der Waals surface area contributed by atoms with Gasteiger partial charge < -0.3 is 14.2 Å². The van der Waals surface area contributed by atoms with Gasteiger partial charge in [-0.1, -0.05) is 0 Å². The summed E-state index contributed by atoms with van der Waals surface area (Å²) in [6.07, 6.45) is 9.82. The number of rotatable bonds is 8.